The quantitative estimate of drug-likeness (QED) is 0.630. The number of Topliss-reactive ketones (excluding diaryl/α,β-unsaturated/α-hetero) is 1. The van der Waals surface area contributed by atoms with Crippen LogP contribution in [-0.4, -0.2) is 5.78 Å². The van der Waals surface area contributed by atoms with Gasteiger partial charge >= 0.3 is 0 Å². The van der Waals surface area contributed by atoms with E-state index in [9.17, 15) is 4.79 Å². The average Bonchev–Trinajstić information content (AvgIpc) is 2.58. The first kappa shape index (κ1) is 17.5. The molecule has 1 nitrogen and oxygen atoms in total. The maximum Gasteiger partial charge on any atom is 0.130 e. The van der Waals surface area contributed by atoms with Gasteiger partial charge < -0.3 is 4.79 Å². The molecule has 0 saturated heterocycles. The van der Waals surface area contributed by atoms with Crippen LogP contribution in [-0.2, 0) is 4.79 Å². The van der Waals surface area contributed by atoms with Crippen LogP contribution in [0.15, 0.2) is 42.5 Å². The Morgan fingerprint density at radius 1 is 1.22 bits per heavy atom. The largest absolute Gasteiger partial charge is 0.300 e. The van der Waals surface area contributed by atoms with Crippen molar-refractivity contribution in [1.29, 1.82) is 0 Å². The minimum absolute atomic E-state index is 0.277. The number of ketones is 1. The van der Waals surface area contributed by atoms with Crippen LogP contribution in [0.25, 0.3) is 0 Å². The molecule has 2 rings (SSSR count). The van der Waals surface area contributed by atoms with Gasteiger partial charge in [0.25, 0.3) is 0 Å². The zero-order valence-corrected chi connectivity index (χ0v) is 14.3. The first-order valence-corrected chi connectivity index (χ1v) is 8.96. The normalized spacial score (nSPS) is 16.7. The van der Waals surface area contributed by atoms with Crippen LogP contribution in [0, 0.1) is 23.7 Å². The molecule has 0 heterocycles. The molecule has 1 aromatic rings. The van der Waals surface area contributed by atoms with E-state index in [1.54, 1.807) is 6.92 Å². The molecule has 122 valence electrons. The summed E-state index contributed by atoms with van der Waals surface area (Å²) in [6.07, 6.45) is 14.0. The summed E-state index contributed by atoms with van der Waals surface area (Å²) in [5.41, 5.74) is 1.03. The molecule has 0 aromatic heterocycles. The van der Waals surface area contributed by atoms with E-state index in [1.807, 2.05) is 36.4 Å². The predicted molar refractivity (Wildman–Crippen MR) is 97.1 cm³/mol. The summed E-state index contributed by atoms with van der Waals surface area (Å²) >= 11 is 0. The summed E-state index contributed by atoms with van der Waals surface area (Å²) < 4.78 is 0. The highest BCUT2D eigenvalue weighted by molar-refractivity contribution is 5.75. The number of carbonyl (C=O) groups is 1. The van der Waals surface area contributed by atoms with Gasteiger partial charge in [0.05, 0.1) is 0 Å². The van der Waals surface area contributed by atoms with Crippen LogP contribution < -0.4 is 0 Å². The molecule has 23 heavy (non-hydrogen) atoms. The van der Waals surface area contributed by atoms with Gasteiger partial charge in [0.2, 0.25) is 0 Å². The van der Waals surface area contributed by atoms with Crippen LogP contribution in [0.1, 0.15) is 63.9 Å². The summed E-state index contributed by atoms with van der Waals surface area (Å²) in [6, 6.07) is 10.0. The van der Waals surface area contributed by atoms with E-state index in [0.29, 0.717) is 12.3 Å². The fraction of sp³-hybridized carbons (Fsp3) is 0.500. The minimum atomic E-state index is 0.277. The molecule has 1 fully saturated rings. The van der Waals surface area contributed by atoms with Gasteiger partial charge in [-0.2, -0.15) is 0 Å². The van der Waals surface area contributed by atoms with Gasteiger partial charge in [0.1, 0.15) is 5.78 Å². The van der Waals surface area contributed by atoms with Gasteiger partial charge in [-0.05, 0) is 49.8 Å². The molecular formula is C22H28O. The number of hydrogen-bond acceptors (Lipinski definition) is 1. The third-order valence-corrected chi connectivity index (χ3v) is 4.66. The first-order valence-electron chi connectivity index (χ1n) is 8.96. The van der Waals surface area contributed by atoms with Crippen molar-refractivity contribution in [3.8, 4) is 11.8 Å². The number of rotatable bonds is 6. The molecule has 0 unspecified atom stereocenters. The van der Waals surface area contributed by atoms with Crippen LogP contribution >= 0.6 is 0 Å². The van der Waals surface area contributed by atoms with E-state index >= 15 is 0 Å². The van der Waals surface area contributed by atoms with Crippen molar-refractivity contribution < 1.29 is 4.79 Å². The Morgan fingerprint density at radius 3 is 2.65 bits per heavy atom. The van der Waals surface area contributed by atoms with Gasteiger partial charge in [0.15, 0.2) is 0 Å². The van der Waals surface area contributed by atoms with Crippen LogP contribution in [0.2, 0.25) is 0 Å². The second-order valence-corrected chi connectivity index (χ2v) is 6.74. The molecule has 1 atom stereocenters. The molecule has 1 aliphatic rings. The third kappa shape index (κ3) is 7.33. The molecule has 0 spiro atoms. The second kappa shape index (κ2) is 10.1. The molecule has 0 bridgehead atoms. The maximum atomic E-state index is 11.5. The zero-order valence-electron chi connectivity index (χ0n) is 14.3. The van der Waals surface area contributed by atoms with Gasteiger partial charge in [-0.15, -0.1) is 0 Å². The fourth-order valence-electron chi connectivity index (χ4n) is 3.39. The summed E-state index contributed by atoms with van der Waals surface area (Å²) in [5, 5.41) is 0. The summed E-state index contributed by atoms with van der Waals surface area (Å²) in [6.45, 7) is 1.69. The Bertz CT molecular complexity index is 553. The maximum absolute atomic E-state index is 11.5. The Labute approximate surface area is 141 Å². The van der Waals surface area contributed by atoms with E-state index in [-0.39, 0.29) is 5.78 Å². The van der Waals surface area contributed by atoms with E-state index in [4.69, 9.17) is 0 Å². The molecule has 0 radical (unpaired) electrons. The number of hydrogen-bond donors (Lipinski definition) is 0. The molecular weight excluding hydrogens is 280 g/mol. The molecule has 0 N–H and O–H groups in total. The molecule has 0 aliphatic heterocycles. The minimum Gasteiger partial charge on any atom is -0.300 e. The molecule has 1 heteroatoms. The Balaban J connectivity index is 1.85. The van der Waals surface area contributed by atoms with Gasteiger partial charge in [-0.25, -0.2) is 0 Å². The summed E-state index contributed by atoms with van der Waals surface area (Å²) in [4.78, 5) is 11.5. The standard InChI is InChI=1S/C22H28O/c1-19(23)18-22(17-16-21-12-6-3-7-13-21)15-9-8-14-20-10-4-2-5-11-20/h2,4-5,9-11,15,21-22H,3,6-7,12-13,16-18H2,1H3/b15-9+/t22-/m0/s1. The lowest BCUT2D eigenvalue weighted by atomic mass is 9.83. The molecule has 1 aromatic carbocycles. The van der Waals surface area contributed by atoms with Crippen molar-refractivity contribution in [3.63, 3.8) is 0 Å². The van der Waals surface area contributed by atoms with Crippen molar-refractivity contribution in [2.75, 3.05) is 0 Å². The second-order valence-electron chi connectivity index (χ2n) is 6.74. The Kier molecular flexibility index (Phi) is 7.67. The van der Waals surface area contributed by atoms with Crippen LogP contribution in [0.3, 0.4) is 0 Å². The number of allylic oxidation sites excluding steroid dienone is 2. The Hall–Kier alpha value is -1.81. The summed E-state index contributed by atoms with van der Waals surface area (Å²) in [5.74, 6) is 7.74. The van der Waals surface area contributed by atoms with Crippen molar-refractivity contribution in [3.05, 3.63) is 48.0 Å². The van der Waals surface area contributed by atoms with E-state index in [2.05, 4.69) is 17.9 Å². The predicted octanol–water partition coefficient (Wildman–Crippen LogP) is 5.55. The van der Waals surface area contributed by atoms with Crippen LogP contribution in [0.5, 0.6) is 0 Å². The van der Waals surface area contributed by atoms with E-state index in [1.165, 1.54) is 38.5 Å². The molecule has 1 saturated carbocycles. The monoisotopic (exact) mass is 308 g/mol. The third-order valence-electron chi connectivity index (χ3n) is 4.66. The van der Waals surface area contributed by atoms with Gasteiger partial charge in [-0.3, -0.25) is 0 Å². The van der Waals surface area contributed by atoms with E-state index in [0.717, 1.165) is 17.9 Å². The smallest absolute Gasteiger partial charge is 0.130 e. The van der Waals surface area contributed by atoms with Gasteiger partial charge in [-0.1, -0.05) is 68.2 Å². The van der Waals surface area contributed by atoms with Crippen molar-refractivity contribution in [2.45, 2.75) is 58.3 Å². The fourth-order valence-corrected chi connectivity index (χ4v) is 3.39. The van der Waals surface area contributed by atoms with E-state index < -0.39 is 0 Å². The SMILES string of the molecule is CC(=O)C[C@@H](/C=C/C#Cc1ccccc1)CCC1CCCCC1. The first-order chi connectivity index (χ1) is 11.2. The van der Waals surface area contributed by atoms with Gasteiger partial charge in [0, 0.05) is 12.0 Å². The highest BCUT2D eigenvalue weighted by Gasteiger charge is 2.15. The summed E-state index contributed by atoms with van der Waals surface area (Å²) in [7, 11) is 0. The zero-order chi connectivity index (χ0) is 16.3. The van der Waals surface area contributed by atoms with Crippen molar-refractivity contribution >= 4 is 5.78 Å². The topological polar surface area (TPSA) is 17.1 Å². The number of carbonyl (C=O) groups excluding carboxylic acids is 1. The lowest BCUT2D eigenvalue weighted by molar-refractivity contribution is -0.117. The highest BCUT2D eigenvalue weighted by Crippen LogP contribution is 2.29. The highest BCUT2D eigenvalue weighted by atomic mass is 16.1. The average molecular weight is 308 g/mol. The van der Waals surface area contributed by atoms with Crippen molar-refractivity contribution in [2.24, 2.45) is 11.8 Å². The lowest BCUT2D eigenvalue weighted by Gasteiger charge is -2.22. The Morgan fingerprint density at radius 2 is 1.96 bits per heavy atom. The number of benzene rings is 1. The molecule has 1 aliphatic carbocycles. The lowest BCUT2D eigenvalue weighted by Crippen LogP contribution is -2.10. The molecule has 0 amide bonds. The van der Waals surface area contributed by atoms with Crippen molar-refractivity contribution in [1.82, 2.24) is 0 Å². The van der Waals surface area contributed by atoms with Crippen LogP contribution in [0.4, 0.5) is 0 Å².